The number of benzene rings is 1. The molecule has 1 aromatic carbocycles. The Balaban J connectivity index is 2.34. The molecule has 0 bridgehead atoms. The summed E-state index contributed by atoms with van der Waals surface area (Å²) in [6.07, 6.45) is 2.39. The molecule has 2 aromatic rings. The standard InChI is InChI=1S/C8H8N4O3S/c1-16(13,14)15-8-4-2-3-7(5-8)12-6-9-10-11-12/h2-6H,1H3. The van der Waals surface area contributed by atoms with Gasteiger partial charge in [-0.05, 0) is 22.6 Å². The topological polar surface area (TPSA) is 87.0 Å². The lowest BCUT2D eigenvalue weighted by Gasteiger charge is -2.04. The van der Waals surface area contributed by atoms with E-state index in [0.29, 0.717) is 5.69 Å². The molecule has 0 aliphatic carbocycles. The zero-order valence-corrected chi connectivity index (χ0v) is 9.13. The van der Waals surface area contributed by atoms with Crippen LogP contribution in [0.5, 0.6) is 5.75 Å². The molecule has 0 aliphatic heterocycles. The van der Waals surface area contributed by atoms with Gasteiger partial charge in [-0.2, -0.15) is 8.42 Å². The van der Waals surface area contributed by atoms with Gasteiger partial charge in [0, 0.05) is 6.07 Å². The second-order valence-corrected chi connectivity index (χ2v) is 4.61. The van der Waals surface area contributed by atoms with Crippen LogP contribution in [0, 0.1) is 0 Å². The van der Waals surface area contributed by atoms with Crippen LogP contribution in [0.4, 0.5) is 0 Å². The lowest BCUT2D eigenvalue weighted by Crippen LogP contribution is -2.06. The third-order valence-corrected chi connectivity index (χ3v) is 2.17. The number of hydrogen-bond acceptors (Lipinski definition) is 6. The van der Waals surface area contributed by atoms with Crippen LogP contribution in [-0.4, -0.2) is 34.9 Å². The van der Waals surface area contributed by atoms with Gasteiger partial charge in [-0.1, -0.05) is 6.07 Å². The Morgan fingerprint density at radius 1 is 1.38 bits per heavy atom. The fourth-order valence-electron chi connectivity index (χ4n) is 1.13. The highest BCUT2D eigenvalue weighted by atomic mass is 32.2. The molecule has 1 aromatic heterocycles. The number of hydrogen-bond donors (Lipinski definition) is 0. The van der Waals surface area contributed by atoms with Crippen molar-refractivity contribution in [2.75, 3.05) is 6.26 Å². The molecule has 1 heterocycles. The van der Waals surface area contributed by atoms with Crippen molar-refractivity contribution in [2.24, 2.45) is 0 Å². The Labute approximate surface area is 91.8 Å². The number of rotatable bonds is 3. The average molecular weight is 240 g/mol. The maximum atomic E-state index is 10.9. The molecule has 0 N–H and O–H groups in total. The minimum atomic E-state index is -3.52. The first-order chi connectivity index (χ1) is 7.54. The van der Waals surface area contributed by atoms with Crippen LogP contribution in [0.1, 0.15) is 0 Å². The molecule has 0 saturated heterocycles. The zero-order chi connectivity index (χ0) is 11.6. The van der Waals surface area contributed by atoms with Gasteiger partial charge in [-0.3, -0.25) is 0 Å². The van der Waals surface area contributed by atoms with Crippen molar-refractivity contribution in [2.45, 2.75) is 0 Å². The third-order valence-electron chi connectivity index (χ3n) is 1.68. The lowest BCUT2D eigenvalue weighted by atomic mass is 10.3. The molecular weight excluding hydrogens is 232 g/mol. The Morgan fingerprint density at radius 3 is 2.81 bits per heavy atom. The van der Waals surface area contributed by atoms with E-state index in [0.717, 1.165) is 6.26 Å². The van der Waals surface area contributed by atoms with Crippen molar-refractivity contribution in [1.82, 2.24) is 20.2 Å². The van der Waals surface area contributed by atoms with Gasteiger partial charge >= 0.3 is 10.1 Å². The molecule has 0 spiro atoms. The Hall–Kier alpha value is -1.96. The summed E-state index contributed by atoms with van der Waals surface area (Å²) in [4.78, 5) is 0. The fraction of sp³-hybridized carbons (Fsp3) is 0.125. The van der Waals surface area contributed by atoms with E-state index in [9.17, 15) is 8.42 Å². The van der Waals surface area contributed by atoms with E-state index in [1.807, 2.05) is 0 Å². The van der Waals surface area contributed by atoms with E-state index >= 15 is 0 Å². The fourth-order valence-corrected chi connectivity index (χ4v) is 1.59. The van der Waals surface area contributed by atoms with Crippen molar-refractivity contribution in [3.63, 3.8) is 0 Å². The number of aromatic nitrogens is 4. The van der Waals surface area contributed by atoms with E-state index in [-0.39, 0.29) is 5.75 Å². The van der Waals surface area contributed by atoms with E-state index < -0.39 is 10.1 Å². The smallest absolute Gasteiger partial charge is 0.306 e. The first-order valence-corrected chi connectivity index (χ1v) is 6.09. The molecule has 0 radical (unpaired) electrons. The predicted octanol–water partition coefficient (Wildman–Crippen LogP) is 0.000700. The summed E-state index contributed by atoms with van der Waals surface area (Å²) < 4.78 is 28.0. The predicted molar refractivity (Wildman–Crippen MR) is 54.6 cm³/mol. The van der Waals surface area contributed by atoms with Gasteiger partial charge < -0.3 is 4.18 Å². The van der Waals surface area contributed by atoms with Gasteiger partial charge in [0.15, 0.2) is 0 Å². The molecule has 0 amide bonds. The van der Waals surface area contributed by atoms with Gasteiger partial charge in [0.1, 0.15) is 12.1 Å². The van der Waals surface area contributed by atoms with Crippen LogP contribution in [0.15, 0.2) is 30.6 Å². The summed E-state index contributed by atoms with van der Waals surface area (Å²) in [6, 6.07) is 6.44. The Kier molecular flexibility index (Phi) is 2.57. The summed E-state index contributed by atoms with van der Waals surface area (Å²) >= 11 is 0. The largest absolute Gasteiger partial charge is 0.383 e. The van der Waals surface area contributed by atoms with E-state index in [2.05, 4.69) is 15.5 Å². The minimum absolute atomic E-state index is 0.218. The molecular formula is C8H8N4O3S. The van der Waals surface area contributed by atoms with Crippen LogP contribution in [0.2, 0.25) is 0 Å². The highest BCUT2D eigenvalue weighted by Crippen LogP contribution is 2.16. The average Bonchev–Trinajstić information content (AvgIpc) is 2.68. The molecule has 0 fully saturated rings. The second kappa shape index (κ2) is 3.89. The minimum Gasteiger partial charge on any atom is -0.383 e. The van der Waals surface area contributed by atoms with E-state index in [1.54, 1.807) is 12.1 Å². The Morgan fingerprint density at radius 2 is 2.19 bits per heavy atom. The SMILES string of the molecule is CS(=O)(=O)Oc1cccc(-n2cnnn2)c1. The van der Waals surface area contributed by atoms with Crippen LogP contribution in [0.25, 0.3) is 5.69 Å². The first kappa shape index (κ1) is 10.6. The molecule has 8 heteroatoms. The first-order valence-electron chi connectivity index (χ1n) is 4.27. The van der Waals surface area contributed by atoms with Crippen LogP contribution in [0.3, 0.4) is 0 Å². The highest BCUT2D eigenvalue weighted by Gasteiger charge is 2.05. The molecule has 84 valence electrons. The molecule has 7 nitrogen and oxygen atoms in total. The van der Waals surface area contributed by atoms with Crippen molar-refractivity contribution in [1.29, 1.82) is 0 Å². The van der Waals surface area contributed by atoms with Gasteiger partial charge in [-0.15, -0.1) is 5.10 Å². The summed E-state index contributed by atoms with van der Waals surface area (Å²) in [6.45, 7) is 0. The van der Waals surface area contributed by atoms with Crippen LogP contribution in [-0.2, 0) is 10.1 Å². The molecule has 0 aliphatic rings. The van der Waals surface area contributed by atoms with E-state index in [4.69, 9.17) is 4.18 Å². The maximum absolute atomic E-state index is 10.9. The molecule has 16 heavy (non-hydrogen) atoms. The lowest BCUT2D eigenvalue weighted by molar-refractivity contribution is 0.493. The molecule has 0 atom stereocenters. The quantitative estimate of drug-likeness (QED) is 0.702. The van der Waals surface area contributed by atoms with Gasteiger partial charge in [0.2, 0.25) is 0 Å². The van der Waals surface area contributed by atoms with Crippen molar-refractivity contribution < 1.29 is 12.6 Å². The van der Waals surface area contributed by atoms with Crippen LogP contribution < -0.4 is 4.18 Å². The second-order valence-electron chi connectivity index (χ2n) is 3.04. The molecule has 0 unspecified atom stereocenters. The number of tetrazole rings is 1. The van der Waals surface area contributed by atoms with Crippen molar-refractivity contribution in [3.05, 3.63) is 30.6 Å². The molecule has 2 rings (SSSR count). The third kappa shape index (κ3) is 2.54. The summed E-state index contributed by atoms with van der Waals surface area (Å²) in [5.41, 5.74) is 0.617. The van der Waals surface area contributed by atoms with Crippen LogP contribution >= 0.6 is 0 Å². The number of nitrogens with zero attached hydrogens (tertiary/aromatic N) is 4. The van der Waals surface area contributed by atoms with Crippen molar-refractivity contribution in [3.8, 4) is 11.4 Å². The Bertz CT molecular complexity index is 579. The highest BCUT2D eigenvalue weighted by molar-refractivity contribution is 7.86. The van der Waals surface area contributed by atoms with Gasteiger partial charge in [0.25, 0.3) is 0 Å². The zero-order valence-electron chi connectivity index (χ0n) is 8.31. The summed E-state index contributed by atoms with van der Waals surface area (Å²) in [5.74, 6) is 0.218. The molecule has 0 saturated carbocycles. The van der Waals surface area contributed by atoms with Gasteiger partial charge in [-0.25, -0.2) is 4.68 Å². The monoisotopic (exact) mass is 240 g/mol. The normalized spacial score (nSPS) is 11.3. The van der Waals surface area contributed by atoms with Gasteiger partial charge in [0.05, 0.1) is 11.9 Å². The summed E-state index contributed by atoms with van der Waals surface area (Å²) in [7, 11) is -3.52. The maximum Gasteiger partial charge on any atom is 0.306 e. The summed E-state index contributed by atoms with van der Waals surface area (Å²) in [5, 5.41) is 10.6. The van der Waals surface area contributed by atoms with E-state index in [1.165, 1.54) is 23.1 Å². The van der Waals surface area contributed by atoms with Crippen molar-refractivity contribution >= 4 is 10.1 Å².